The Hall–Kier alpha value is -4.91. The number of pyridine rings is 1. The molecule has 0 amide bonds. The lowest BCUT2D eigenvalue weighted by Crippen LogP contribution is -2.31. The van der Waals surface area contributed by atoms with E-state index in [-0.39, 0.29) is 0 Å². The van der Waals surface area contributed by atoms with Crippen LogP contribution in [0.4, 0.5) is 5.82 Å². The molecule has 8 rings (SSSR count). The summed E-state index contributed by atoms with van der Waals surface area (Å²) < 4.78 is 19.9. The summed E-state index contributed by atoms with van der Waals surface area (Å²) in [6.45, 7) is 12.9. The van der Waals surface area contributed by atoms with E-state index in [1.807, 2.05) is 47.0 Å². The van der Waals surface area contributed by atoms with Crippen molar-refractivity contribution < 1.29 is 24.1 Å². The molecular formula is C44H53N7O5. The number of carboxylic acids is 1. The van der Waals surface area contributed by atoms with Crippen LogP contribution < -0.4 is 9.64 Å². The Bertz CT molecular complexity index is 2260. The zero-order valence-corrected chi connectivity index (χ0v) is 33.5. The fraction of sp³-hybridized carbons (Fsp3) is 0.477. The first-order chi connectivity index (χ1) is 26.9. The van der Waals surface area contributed by atoms with Gasteiger partial charge < -0.3 is 29.1 Å². The van der Waals surface area contributed by atoms with Gasteiger partial charge in [0.05, 0.1) is 29.5 Å². The minimum atomic E-state index is -1.24. The Morgan fingerprint density at radius 1 is 1.02 bits per heavy atom. The fourth-order valence-corrected chi connectivity index (χ4v) is 8.71. The third-order valence-corrected chi connectivity index (χ3v) is 11.3. The molecule has 3 aliphatic heterocycles. The van der Waals surface area contributed by atoms with Crippen LogP contribution in [0.25, 0.3) is 33.3 Å². The second kappa shape index (κ2) is 15.6. The summed E-state index contributed by atoms with van der Waals surface area (Å²) in [7, 11) is 4.06. The van der Waals surface area contributed by atoms with Crippen molar-refractivity contribution in [3.8, 4) is 28.0 Å². The van der Waals surface area contributed by atoms with Crippen LogP contribution in [0.3, 0.4) is 0 Å². The second-order valence-electron chi connectivity index (χ2n) is 16.6. The smallest absolute Gasteiger partial charge is 0.337 e. The lowest BCUT2D eigenvalue weighted by molar-refractivity contribution is -0.160. The Labute approximate surface area is 328 Å². The zero-order chi connectivity index (χ0) is 39.1. The summed E-state index contributed by atoms with van der Waals surface area (Å²) in [5, 5.41) is 16.2. The fourth-order valence-electron chi connectivity index (χ4n) is 8.71. The first kappa shape index (κ1) is 38.0. The van der Waals surface area contributed by atoms with Gasteiger partial charge in [-0.2, -0.15) is 5.10 Å². The Morgan fingerprint density at radius 2 is 1.79 bits per heavy atom. The van der Waals surface area contributed by atoms with Gasteiger partial charge in [-0.1, -0.05) is 24.3 Å². The molecule has 0 aliphatic carbocycles. The van der Waals surface area contributed by atoms with Gasteiger partial charge >= 0.3 is 5.97 Å². The SMILES string of the molecule is Cc1nc(CN(C)CC2CCOCC2)c(-c2ccc3c(c2)CCN(c2ncnc4c2cnn4C)C3)c(-c2ccc3c(c2)CCCO3)c1[C@H](OC(C)(C)C)C(=O)O. The highest BCUT2D eigenvalue weighted by molar-refractivity contribution is 5.92. The maximum absolute atomic E-state index is 13.3. The molecule has 1 N–H and O–H groups in total. The minimum Gasteiger partial charge on any atom is -0.493 e. The molecule has 12 nitrogen and oxygen atoms in total. The van der Waals surface area contributed by atoms with Crippen molar-refractivity contribution in [2.45, 2.75) is 84.6 Å². The number of aryl methyl sites for hydroxylation is 3. The third-order valence-electron chi connectivity index (χ3n) is 11.3. The van der Waals surface area contributed by atoms with Crippen molar-refractivity contribution in [3.05, 3.63) is 82.6 Å². The van der Waals surface area contributed by atoms with E-state index in [1.54, 1.807) is 11.0 Å². The van der Waals surface area contributed by atoms with Gasteiger partial charge in [-0.15, -0.1) is 0 Å². The van der Waals surface area contributed by atoms with Crippen LogP contribution in [0.1, 0.15) is 79.8 Å². The van der Waals surface area contributed by atoms with Crippen molar-refractivity contribution in [2.24, 2.45) is 13.0 Å². The lowest BCUT2D eigenvalue weighted by atomic mass is 9.84. The van der Waals surface area contributed by atoms with E-state index in [4.69, 9.17) is 19.2 Å². The van der Waals surface area contributed by atoms with E-state index in [2.05, 4.69) is 62.2 Å². The van der Waals surface area contributed by atoms with Gasteiger partial charge in [-0.3, -0.25) is 9.67 Å². The van der Waals surface area contributed by atoms with Crippen LogP contribution >= 0.6 is 0 Å². The number of fused-ring (bicyclic) bond motifs is 3. The number of nitrogens with zero attached hydrogens (tertiary/aromatic N) is 7. The van der Waals surface area contributed by atoms with Crippen LogP contribution in [0.5, 0.6) is 5.75 Å². The summed E-state index contributed by atoms with van der Waals surface area (Å²) >= 11 is 0. The van der Waals surface area contributed by atoms with Crippen molar-refractivity contribution in [3.63, 3.8) is 0 Å². The summed E-state index contributed by atoms with van der Waals surface area (Å²) in [6, 6.07) is 13.0. The van der Waals surface area contributed by atoms with Crippen LogP contribution in [-0.2, 0) is 47.2 Å². The molecule has 12 heteroatoms. The largest absolute Gasteiger partial charge is 0.493 e. The van der Waals surface area contributed by atoms with Gasteiger partial charge in [0.2, 0.25) is 0 Å². The van der Waals surface area contributed by atoms with Gasteiger partial charge in [0.25, 0.3) is 0 Å². The molecule has 6 heterocycles. The molecule has 3 aliphatic rings. The summed E-state index contributed by atoms with van der Waals surface area (Å²) in [4.78, 5) is 32.4. The van der Waals surface area contributed by atoms with Gasteiger partial charge in [-0.05, 0) is 118 Å². The molecule has 0 bridgehead atoms. The average Bonchev–Trinajstić information content (AvgIpc) is 3.56. The standard InChI is InChI=1S/C44H53N7O5/c1-27-37(40(43(52)53)56-44(2,3)4)39(32-11-12-36-30(21-32)8-7-17-55-36)38(35(48-27)25-49(5)23-28-14-18-54-19-15-28)31-9-10-33-24-51(16-13-29(33)20-31)42-34-22-47-50(6)41(34)45-26-46-42/h9-12,20-22,26,28,40H,7-8,13-19,23-25H2,1-6H3,(H,52,53)/t40-/m0/s1. The van der Waals surface area contributed by atoms with Crippen molar-refractivity contribution in [1.82, 2.24) is 29.6 Å². The Morgan fingerprint density at radius 3 is 2.57 bits per heavy atom. The van der Waals surface area contributed by atoms with Gasteiger partial charge in [0, 0.05) is 63.3 Å². The van der Waals surface area contributed by atoms with Crippen LogP contribution in [0, 0.1) is 12.8 Å². The molecule has 1 atom stereocenters. The predicted octanol–water partition coefficient (Wildman–Crippen LogP) is 7.09. The predicted molar refractivity (Wildman–Crippen MR) is 216 cm³/mol. The number of hydrogen-bond acceptors (Lipinski definition) is 10. The molecule has 294 valence electrons. The van der Waals surface area contributed by atoms with Gasteiger partial charge in [0.15, 0.2) is 11.8 Å². The molecule has 2 aromatic carbocycles. The highest BCUT2D eigenvalue weighted by Crippen LogP contribution is 2.45. The highest BCUT2D eigenvalue weighted by atomic mass is 16.5. The molecule has 1 saturated heterocycles. The molecule has 0 saturated carbocycles. The van der Waals surface area contributed by atoms with E-state index in [0.717, 1.165) is 115 Å². The van der Waals surface area contributed by atoms with Crippen LogP contribution in [0.15, 0.2) is 48.9 Å². The van der Waals surface area contributed by atoms with Crippen molar-refractivity contribution >= 4 is 22.8 Å². The number of rotatable bonds is 10. The molecule has 0 radical (unpaired) electrons. The molecule has 1 fully saturated rings. The molecule has 0 unspecified atom stereocenters. The number of aliphatic carboxylic acids is 1. The number of carbonyl (C=O) groups is 1. The molecular weight excluding hydrogens is 707 g/mol. The minimum absolute atomic E-state index is 0.545. The molecule has 5 aromatic rings. The van der Waals surface area contributed by atoms with E-state index in [0.29, 0.717) is 36.9 Å². The monoisotopic (exact) mass is 759 g/mol. The van der Waals surface area contributed by atoms with E-state index in [1.165, 1.54) is 11.1 Å². The normalized spacial score (nSPS) is 16.8. The maximum Gasteiger partial charge on any atom is 0.337 e. The number of benzene rings is 2. The molecule has 3 aromatic heterocycles. The first-order valence-electron chi connectivity index (χ1n) is 19.9. The summed E-state index contributed by atoms with van der Waals surface area (Å²) in [5.74, 6) is 1.28. The highest BCUT2D eigenvalue weighted by Gasteiger charge is 2.35. The van der Waals surface area contributed by atoms with Crippen molar-refractivity contribution in [1.29, 1.82) is 0 Å². The van der Waals surface area contributed by atoms with Gasteiger partial charge in [0.1, 0.15) is 17.9 Å². The quantitative estimate of drug-likeness (QED) is 0.157. The third kappa shape index (κ3) is 7.74. The van der Waals surface area contributed by atoms with E-state index in [9.17, 15) is 9.90 Å². The number of ether oxygens (including phenoxy) is 3. The van der Waals surface area contributed by atoms with E-state index < -0.39 is 17.7 Å². The Balaban J connectivity index is 1.28. The number of carboxylic acid groups (broad SMARTS) is 1. The first-order valence-corrected chi connectivity index (χ1v) is 19.9. The molecule has 56 heavy (non-hydrogen) atoms. The second-order valence-corrected chi connectivity index (χ2v) is 16.6. The van der Waals surface area contributed by atoms with Crippen molar-refractivity contribution in [2.75, 3.05) is 44.9 Å². The maximum atomic E-state index is 13.3. The van der Waals surface area contributed by atoms with Crippen LogP contribution in [0.2, 0.25) is 0 Å². The number of anilines is 1. The number of aromatic nitrogens is 5. The lowest BCUT2D eigenvalue weighted by Gasteiger charge is -2.32. The average molecular weight is 760 g/mol. The van der Waals surface area contributed by atoms with Gasteiger partial charge in [-0.25, -0.2) is 14.8 Å². The summed E-state index contributed by atoms with van der Waals surface area (Å²) in [5.41, 5.74) is 9.61. The summed E-state index contributed by atoms with van der Waals surface area (Å²) in [6.07, 6.45) is 6.94. The molecule has 0 spiro atoms. The topological polar surface area (TPSA) is 128 Å². The Kier molecular flexibility index (Phi) is 10.6. The van der Waals surface area contributed by atoms with E-state index >= 15 is 0 Å². The zero-order valence-electron chi connectivity index (χ0n) is 33.5. The number of hydrogen-bond donors (Lipinski definition) is 1. The van der Waals surface area contributed by atoms with Crippen LogP contribution in [-0.4, -0.2) is 86.3 Å².